The van der Waals surface area contributed by atoms with Crippen LogP contribution in [0.25, 0.3) is 0 Å². The summed E-state index contributed by atoms with van der Waals surface area (Å²) in [6, 6.07) is 9.21. The minimum Gasteiger partial charge on any atom is -0.309 e. The Labute approximate surface area is 117 Å². The third-order valence-corrected chi connectivity index (χ3v) is 5.17. The number of thioether (sulfide) groups is 1. The molecule has 1 aliphatic rings. The minimum absolute atomic E-state index is 0.431. The van der Waals surface area contributed by atoms with Crippen LogP contribution in [0.15, 0.2) is 28.7 Å². The highest BCUT2D eigenvalue weighted by molar-refractivity contribution is 9.10. The van der Waals surface area contributed by atoms with E-state index in [4.69, 9.17) is 0 Å². The Morgan fingerprint density at radius 3 is 2.71 bits per heavy atom. The summed E-state index contributed by atoms with van der Waals surface area (Å²) >= 11 is 5.54. The van der Waals surface area contributed by atoms with Gasteiger partial charge in [0.1, 0.15) is 0 Å². The lowest BCUT2D eigenvalue weighted by molar-refractivity contribution is 0.245. The maximum atomic E-state index is 3.71. The topological polar surface area (TPSA) is 12.0 Å². The molecule has 0 aliphatic carbocycles. The molecule has 2 rings (SSSR count). The molecule has 1 fully saturated rings. The summed E-state index contributed by atoms with van der Waals surface area (Å²) in [4.78, 5) is 0. The van der Waals surface area contributed by atoms with Crippen LogP contribution >= 0.6 is 27.7 Å². The Kier molecular flexibility index (Phi) is 4.56. The minimum atomic E-state index is 0.431. The van der Waals surface area contributed by atoms with Crippen LogP contribution in [0, 0.1) is 5.41 Å². The van der Waals surface area contributed by atoms with Crippen LogP contribution in [0.1, 0.15) is 25.8 Å². The van der Waals surface area contributed by atoms with E-state index in [1.54, 1.807) is 0 Å². The molecule has 0 amide bonds. The number of hydrogen-bond acceptors (Lipinski definition) is 2. The number of nitrogens with one attached hydrogen (secondary N) is 1. The van der Waals surface area contributed by atoms with Gasteiger partial charge >= 0.3 is 0 Å². The van der Waals surface area contributed by atoms with E-state index >= 15 is 0 Å². The maximum absolute atomic E-state index is 3.71. The quantitative estimate of drug-likeness (QED) is 0.902. The highest BCUT2D eigenvalue weighted by atomic mass is 79.9. The molecule has 1 heterocycles. The van der Waals surface area contributed by atoms with E-state index in [9.17, 15) is 0 Å². The predicted molar refractivity (Wildman–Crippen MR) is 80.5 cm³/mol. The van der Waals surface area contributed by atoms with Gasteiger partial charge in [-0.3, -0.25) is 0 Å². The molecule has 1 aliphatic heterocycles. The van der Waals surface area contributed by atoms with Crippen molar-refractivity contribution in [1.29, 1.82) is 0 Å². The molecule has 1 atom stereocenters. The first-order chi connectivity index (χ1) is 8.08. The fourth-order valence-corrected chi connectivity index (χ4v) is 4.02. The third kappa shape index (κ3) is 3.73. The van der Waals surface area contributed by atoms with Gasteiger partial charge in [-0.05, 0) is 35.3 Å². The highest BCUT2D eigenvalue weighted by Crippen LogP contribution is 2.34. The van der Waals surface area contributed by atoms with Gasteiger partial charge in [0.15, 0.2) is 0 Å². The zero-order valence-electron chi connectivity index (χ0n) is 10.5. The highest BCUT2D eigenvalue weighted by Gasteiger charge is 2.31. The smallest absolute Gasteiger partial charge is 0.0212 e. The van der Waals surface area contributed by atoms with Gasteiger partial charge in [0.05, 0.1) is 0 Å². The van der Waals surface area contributed by atoms with Gasteiger partial charge in [-0.25, -0.2) is 0 Å². The molecule has 0 saturated carbocycles. The van der Waals surface area contributed by atoms with E-state index < -0.39 is 0 Å². The van der Waals surface area contributed by atoms with Crippen LogP contribution in [0.4, 0.5) is 0 Å². The van der Waals surface area contributed by atoms with Crippen molar-refractivity contribution in [2.24, 2.45) is 5.41 Å². The maximum Gasteiger partial charge on any atom is 0.0212 e. The largest absolute Gasteiger partial charge is 0.309 e. The lowest BCUT2D eigenvalue weighted by Gasteiger charge is -2.39. The fraction of sp³-hybridized carbons (Fsp3) is 0.571. The normalized spacial score (nSPS) is 23.6. The second kappa shape index (κ2) is 5.77. The van der Waals surface area contributed by atoms with E-state index in [2.05, 4.69) is 71.1 Å². The van der Waals surface area contributed by atoms with E-state index in [0.29, 0.717) is 11.5 Å². The summed E-state index contributed by atoms with van der Waals surface area (Å²) in [5.74, 6) is 2.55. The average molecular weight is 314 g/mol. The molecule has 1 unspecified atom stereocenters. The van der Waals surface area contributed by atoms with E-state index in [-0.39, 0.29) is 0 Å². The van der Waals surface area contributed by atoms with Crippen molar-refractivity contribution in [2.75, 3.05) is 11.5 Å². The van der Waals surface area contributed by atoms with Crippen molar-refractivity contribution in [3.05, 3.63) is 34.3 Å². The Bertz CT molecular complexity index is 361. The second-order valence-corrected chi connectivity index (χ2v) is 7.44. The molecule has 0 bridgehead atoms. The molecule has 0 spiro atoms. The van der Waals surface area contributed by atoms with Gasteiger partial charge in [0.2, 0.25) is 0 Å². The van der Waals surface area contributed by atoms with Crippen molar-refractivity contribution in [3.8, 4) is 0 Å². The first-order valence-corrected chi connectivity index (χ1v) is 8.08. The lowest BCUT2D eigenvalue weighted by atomic mass is 9.82. The van der Waals surface area contributed by atoms with Crippen LogP contribution in [0.2, 0.25) is 0 Å². The van der Waals surface area contributed by atoms with Crippen LogP contribution in [0.5, 0.6) is 0 Å². The summed E-state index contributed by atoms with van der Waals surface area (Å²) in [6.07, 6.45) is 1.32. The Hall–Kier alpha value is 0.01000. The van der Waals surface area contributed by atoms with Crippen molar-refractivity contribution in [3.63, 3.8) is 0 Å². The monoisotopic (exact) mass is 313 g/mol. The Morgan fingerprint density at radius 2 is 2.06 bits per heavy atom. The molecule has 1 N–H and O–H groups in total. The van der Waals surface area contributed by atoms with Crippen LogP contribution in [-0.4, -0.2) is 17.5 Å². The number of hydrogen-bond donors (Lipinski definition) is 1. The SMILES string of the molecule is CC1(C)CCSCC1NCc1ccc(Br)cc1. The molecule has 1 aromatic carbocycles. The zero-order valence-corrected chi connectivity index (χ0v) is 12.9. The number of rotatable bonds is 3. The van der Waals surface area contributed by atoms with Crippen LogP contribution in [-0.2, 0) is 6.54 Å². The molecule has 1 saturated heterocycles. The summed E-state index contributed by atoms with van der Waals surface area (Å²) < 4.78 is 1.15. The fourth-order valence-electron chi connectivity index (χ4n) is 2.11. The second-order valence-electron chi connectivity index (χ2n) is 5.37. The van der Waals surface area contributed by atoms with Gasteiger partial charge in [0, 0.05) is 22.8 Å². The van der Waals surface area contributed by atoms with Gasteiger partial charge in [-0.1, -0.05) is 41.9 Å². The van der Waals surface area contributed by atoms with Gasteiger partial charge < -0.3 is 5.32 Å². The summed E-state index contributed by atoms with van der Waals surface area (Å²) in [7, 11) is 0. The molecule has 94 valence electrons. The Balaban J connectivity index is 1.91. The average Bonchev–Trinajstić information content (AvgIpc) is 2.29. The van der Waals surface area contributed by atoms with Gasteiger partial charge in [0.25, 0.3) is 0 Å². The standard InChI is InChI=1S/C14H20BrNS/c1-14(2)7-8-17-10-13(14)16-9-11-3-5-12(15)6-4-11/h3-6,13,16H,7-10H2,1-2H3. The van der Waals surface area contributed by atoms with Crippen LogP contribution < -0.4 is 5.32 Å². The van der Waals surface area contributed by atoms with Gasteiger partial charge in [-0.15, -0.1) is 0 Å². The third-order valence-electron chi connectivity index (χ3n) is 3.58. The number of benzene rings is 1. The van der Waals surface area contributed by atoms with Crippen LogP contribution in [0.3, 0.4) is 0 Å². The molecule has 0 radical (unpaired) electrons. The first-order valence-electron chi connectivity index (χ1n) is 6.13. The summed E-state index contributed by atoms with van der Waals surface area (Å²) in [5.41, 5.74) is 1.79. The summed E-state index contributed by atoms with van der Waals surface area (Å²) in [5, 5.41) is 3.71. The van der Waals surface area contributed by atoms with E-state index in [1.165, 1.54) is 23.5 Å². The van der Waals surface area contributed by atoms with Crippen molar-refractivity contribution in [2.45, 2.75) is 32.9 Å². The molecule has 0 aromatic heterocycles. The van der Waals surface area contributed by atoms with Crippen molar-refractivity contribution >= 4 is 27.7 Å². The molecule has 1 nitrogen and oxygen atoms in total. The van der Waals surface area contributed by atoms with Crippen molar-refractivity contribution < 1.29 is 0 Å². The number of halogens is 1. The molecule has 1 aromatic rings. The summed E-state index contributed by atoms with van der Waals surface area (Å²) in [6.45, 7) is 5.74. The Morgan fingerprint density at radius 1 is 1.35 bits per heavy atom. The molecule has 3 heteroatoms. The molecule has 17 heavy (non-hydrogen) atoms. The van der Waals surface area contributed by atoms with Gasteiger partial charge in [-0.2, -0.15) is 11.8 Å². The predicted octanol–water partition coefficient (Wildman–Crippen LogP) is 4.07. The molecular weight excluding hydrogens is 294 g/mol. The first kappa shape index (κ1) is 13.4. The van der Waals surface area contributed by atoms with Crippen molar-refractivity contribution in [1.82, 2.24) is 5.32 Å². The van der Waals surface area contributed by atoms with E-state index in [0.717, 1.165) is 11.0 Å². The lowest BCUT2D eigenvalue weighted by Crippen LogP contribution is -2.46. The molecular formula is C14H20BrNS. The zero-order chi connectivity index (χ0) is 12.3. The van der Waals surface area contributed by atoms with E-state index in [1.807, 2.05) is 0 Å².